The fraction of sp³-hybridized carbons (Fsp3) is 0.929. The molecule has 0 saturated heterocycles. The molecule has 1 fully saturated rings. The lowest BCUT2D eigenvalue weighted by Gasteiger charge is -2.48. The van der Waals surface area contributed by atoms with Gasteiger partial charge in [-0.1, -0.05) is 34.1 Å². The van der Waals surface area contributed by atoms with Gasteiger partial charge in [-0.3, -0.25) is 4.99 Å². The van der Waals surface area contributed by atoms with Crippen molar-refractivity contribution >= 4 is 5.96 Å². The van der Waals surface area contributed by atoms with Crippen LogP contribution >= 0.6 is 0 Å². The summed E-state index contributed by atoms with van der Waals surface area (Å²) in [6, 6.07) is 0. The molecule has 1 unspecified atom stereocenters. The number of hydrogen-bond donors (Lipinski definition) is 1. The number of rotatable bonds is 2. The van der Waals surface area contributed by atoms with Crippen LogP contribution in [-0.4, -0.2) is 29.5 Å². The summed E-state index contributed by atoms with van der Waals surface area (Å²) >= 11 is 0. The topological polar surface area (TPSA) is 41.6 Å². The molecule has 3 nitrogen and oxygen atoms in total. The summed E-state index contributed by atoms with van der Waals surface area (Å²) in [5.74, 6) is 1.42. The normalized spacial score (nSPS) is 32.3. The standard InChI is InChI=1S/C14H27N3/c1-11(2)8-17-12(15)16-10-14(17)7-5-6-13(3,4)9-14/h11H,5-10H2,1-4H3,(H2,15,16). The van der Waals surface area contributed by atoms with E-state index in [9.17, 15) is 0 Å². The van der Waals surface area contributed by atoms with Crippen LogP contribution in [0, 0.1) is 11.3 Å². The number of nitrogens with two attached hydrogens (primary N) is 1. The van der Waals surface area contributed by atoms with Gasteiger partial charge in [-0.15, -0.1) is 0 Å². The maximum absolute atomic E-state index is 6.10. The zero-order valence-electron chi connectivity index (χ0n) is 11.8. The summed E-state index contributed by atoms with van der Waals surface area (Å²) in [6.07, 6.45) is 5.14. The fourth-order valence-corrected chi connectivity index (χ4v) is 3.62. The summed E-state index contributed by atoms with van der Waals surface area (Å²) in [5.41, 5.74) is 6.77. The second-order valence-electron chi connectivity index (χ2n) is 7.10. The smallest absolute Gasteiger partial charge is 0.191 e. The Kier molecular flexibility index (Phi) is 3.13. The predicted octanol–water partition coefficient (Wildman–Crippen LogP) is 2.61. The van der Waals surface area contributed by atoms with E-state index in [-0.39, 0.29) is 5.54 Å². The monoisotopic (exact) mass is 237 g/mol. The molecular formula is C14H27N3. The van der Waals surface area contributed by atoms with E-state index < -0.39 is 0 Å². The van der Waals surface area contributed by atoms with E-state index in [0.29, 0.717) is 11.3 Å². The van der Waals surface area contributed by atoms with Crippen LogP contribution in [0.25, 0.3) is 0 Å². The summed E-state index contributed by atoms with van der Waals surface area (Å²) < 4.78 is 0. The second kappa shape index (κ2) is 4.18. The maximum Gasteiger partial charge on any atom is 0.191 e. The predicted molar refractivity (Wildman–Crippen MR) is 73.0 cm³/mol. The van der Waals surface area contributed by atoms with E-state index in [1.165, 1.54) is 25.7 Å². The molecule has 0 bridgehead atoms. The molecule has 3 heteroatoms. The van der Waals surface area contributed by atoms with E-state index in [4.69, 9.17) is 5.73 Å². The van der Waals surface area contributed by atoms with Crippen molar-refractivity contribution in [2.45, 2.75) is 58.9 Å². The van der Waals surface area contributed by atoms with Crippen LogP contribution in [0.1, 0.15) is 53.4 Å². The van der Waals surface area contributed by atoms with Gasteiger partial charge in [0, 0.05) is 6.54 Å². The third kappa shape index (κ3) is 2.43. The molecule has 2 rings (SSSR count). The number of nitrogens with zero attached hydrogens (tertiary/aromatic N) is 2. The summed E-state index contributed by atoms with van der Waals surface area (Å²) in [6.45, 7) is 11.2. The lowest BCUT2D eigenvalue weighted by molar-refractivity contribution is 0.0616. The Balaban J connectivity index is 2.18. The van der Waals surface area contributed by atoms with E-state index >= 15 is 0 Å². The van der Waals surface area contributed by atoms with Gasteiger partial charge >= 0.3 is 0 Å². The van der Waals surface area contributed by atoms with E-state index in [0.717, 1.165) is 19.0 Å². The van der Waals surface area contributed by atoms with Crippen molar-refractivity contribution in [2.24, 2.45) is 22.1 Å². The first-order valence-corrected chi connectivity index (χ1v) is 6.92. The van der Waals surface area contributed by atoms with Crippen molar-refractivity contribution in [1.82, 2.24) is 4.90 Å². The second-order valence-corrected chi connectivity index (χ2v) is 7.10. The van der Waals surface area contributed by atoms with E-state index in [2.05, 4.69) is 37.6 Å². The highest BCUT2D eigenvalue weighted by atomic mass is 15.4. The molecule has 1 atom stereocenters. The van der Waals surface area contributed by atoms with Crippen LogP contribution < -0.4 is 5.73 Å². The first kappa shape index (κ1) is 12.7. The van der Waals surface area contributed by atoms with Gasteiger partial charge in [-0.05, 0) is 30.6 Å². The molecule has 2 N–H and O–H groups in total. The van der Waals surface area contributed by atoms with Crippen molar-refractivity contribution in [3.63, 3.8) is 0 Å². The fourth-order valence-electron chi connectivity index (χ4n) is 3.62. The molecule has 0 aromatic heterocycles. The third-order valence-electron chi connectivity index (χ3n) is 4.24. The van der Waals surface area contributed by atoms with Crippen LogP contribution in [0.15, 0.2) is 4.99 Å². The number of guanidine groups is 1. The molecule has 0 aromatic rings. The summed E-state index contributed by atoms with van der Waals surface area (Å²) in [5, 5.41) is 0. The first-order valence-electron chi connectivity index (χ1n) is 6.92. The van der Waals surface area contributed by atoms with Gasteiger partial charge in [-0.2, -0.15) is 0 Å². The van der Waals surface area contributed by atoms with Crippen LogP contribution in [-0.2, 0) is 0 Å². The largest absolute Gasteiger partial charge is 0.370 e. The van der Waals surface area contributed by atoms with E-state index in [1.54, 1.807) is 0 Å². The minimum Gasteiger partial charge on any atom is -0.370 e. The third-order valence-corrected chi connectivity index (χ3v) is 4.24. The van der Waals surface area contributed by atoms with Crippen molar-refractivity contribution in [3.8, 4) is 0 Å². The molecule has 98 valence electrons. The van der Waals surface area contributed by atoms with Crippen molar-refractivity contribution in [3.05, 3.63) is 0 Å². The van der Waals surface area contributed by atoms with Crippen molar-refractivity contribution in [2.75, 3.05) is 13.1 Å². The van der Waals surface area contributed by atoms with Gasteiger partial charge in [0.1, 0.15) is 0 Å². The molecule has 1 spiro atoms. The first-order chi connectivity index (χ1) is 7.85. The summed E-state index contributed by atoms with van der Waals surface area (Å²) in [4.78, 5) is 6.93. The zero-order valence-corrected chi connectivity index (χ0v) is 11.8. The highest BCUT2D eigenvalue weighted by Crippen LogP contribution is 2.45. The molecular weight excluding hydrogens is 210 g/mol. The zero-order chi connectivity index (χ0) is 12.7. The van der Waals surface area contributed by atoms with Gasteiger partial charge < -0.3 is 10.6 Å². The molecule has 0 amide bonds. The number of hydrogen-bond acceptors (Lipinski definition) is 3. The van der Waals surface area contributed by atoms with Gasteiger partial charge in [0.2, 0.25) is 0 Å². The van der Waals surface area contributed by atoms with Gasteiger partial charge in [0.05, 0.1) is 12.1 Å². The van der Waals surface area contributed by atoms with E-state index in [1.807, 2.05) is 0 Å². The molecule has 0 radical (unpaired) electrons. The van der Waals surface area contributed by atoms with Crippen LogP contribution in [0.5, 0.6) is 0 Å². The Labute approximate surface area is 105 Å². The minimum absolute atomic E-state index is 0.232. The Morgan fingerprint density at radius 3 is 2.65 bits per heavy atom. The number of aliphatic imine (C=N–C) groups is 1. The molecule has 2 aliphatic rings. The average Bonchev–Trinajstić information content (AvgIpc) is 2.45. The molecule has 1 aliphatic heterocycles. The highest BCUT2D eigenvalue weighted by Gasteiger charge is 2.47. The van der Waals surface area contributed by atoms with Crippen LogP contribution in [0.4, 0.5) is 0 Å². The maximum atomic E-state index is 6.10. The molecule has 17 heavy (non-hydrogen) atoms. The molecule has 1 aliphatic carbocycles. The van der Waals surface area contributed by atoms with Crippen LogP contribution in [0.2, 0.25) is 0 Å². The lowest BCUT2D eigenvalue weighted by Crippen LogP contribution is -2.56. The quantitative estimate of drug-likeness (QED) is 0.802. The molecule has 1 saturated carbocycles. The molecule has 1 heterocycles. The average molecular weight is 237 g/mol. The molecule has 0 aromatic carbocycles. The van der Waals surface area contributed by atoms with Gasteiger partial charge in [0.15, 0.2) is 5.96 Å². The highest BCUT2D eigenvalue weighted by molar-refractivity contribution is 5.81. The SMILES string of the molecule is CC(C)CN1C(N)=NCC12CCCC(C)(C)C2. The van der Waals surface area contributed by atoms with Crippen molar-refractivity contribution < 1.29 is 0 Å². The van der Waals surface area contributed by atoms with Crippen molar-refractivity contribution in [1.29, 1.82) is 0 Å². The summed E-state index contributed by atoms with van der Waals surface area (Å²) in [7, 11) is 0. The Morgan fingerprint density at radius 2 is 2.06 bits per heavy atom. The lowest BCUT2D eigenvalue weighted by atomic mass is 9.67. The van der Waals surface area contributed by atoms with Crippen LogP contribution in [0.3, 0.4) is 0 Å². The Morgan fingerprint density at radius 1 is 1.35 bits per heavy atom. The Hall–Kier alpha value is -0.730. The van der Waals surface area contributed by atoms with Gasteiger partial charge in [-0.25, -0.2) is 0 Å². The Bertz CT molecular complexity index is 319. The minimum atomic E-state index is 0.232. The van der Waals surface area contributed by atoms with Gasteiger partial charge in [0.25, 0.3) is 0 Å².